The highest BCUT2D eigenvalue weighted by atomic mass is 35.5. The van der Waals surface area contributed by atoms with Crippen molar-refractivity contribution in [2.45, 2.75) is 42.6 Å². The number of aromatic nitrogens is 1. The van der Waals surface area contributed by atoms with Gasteiger partial charge in [0.1, 0.15) is 20.7 Å². The number of amides is 1. The van der Waals surface area contributed by atoms with Gasteiger partial charge in [0, 0.05) is 0 Å². The molecule has 1 aromatic heterocycles. The molecule has 1 aromatic carbocycles. The predicted octanol–water partition coefficient (Wildman–Crippen LogP) is 1.96. The van der Waals surface area contributed by atoms with E-state index in [9.17, 15) is 21.6 Å². The number of aryl methyl sites for hydroxylation is 3. The molecule has 0 bridgehead atoms. The summed E-state index contributed by atoms with van der Waals surface area (Å²) in [5.74, 6) is -1.28. The molecule has 0 aliphatic carbocycles. The summed E-state index contributed by atoms with van der Waals surface area (Å²) in [6.45, 7) is 6.19. The molecule has 2 heterocycles. The van der Waals surface area contributed by atoms with Gasteiger partial charge in [-0.1, -0.05) is 28.9 Å². The maximum absolute atomic E-state index is 13.4. The van der Waals surface area contributed by atoms with Crippen molar-refractivity contribution < 1.29 is 26.2 Å². The number of hydrogen-bond acceptors (Lipinski definition) is 8. The molecule has 0 radical (unpaired) electrons. The number of anilines is 1. The molecule has 0 saturated heterocycles. The molecule has 1 amide bonds. The highest BCUT2D eigenvalue weighted by molar-refractivity contribution is 8.05. The summed E-state index contributed by atoms with van der Waals surface area (Å²) >= 11 is 6.90. The van der Waals surface area contributed by atoms with E-state index in [1.807, 2.05) is 0 Å². The molecular weight excluding hydrogens is 500 g/mol. The highest BCUT2D eigenvalue weighted by Gasteiger charge is 2.56. The molecule has 1 aliphatic heterocycles. The molecule has 14 heteroatoms. The van der Waals surface area contributed by atoms with Gasteiger partial charge in [-0.2, -0.15) is 0 Å². The van der Waals surface area contributed by atoms with Crippen LogP contribution in [-0.4, -0.2) is 33.1 Å². The Balaban J connectivity index is 2.28. The molecule has 0 spiro atoms. The molecule has 5 N–H and O–H groups in total. The van der Waals surface area contributed by atoms with Crippen LogP contribution in [0, 0.1) is 27.7 Å². The van der Waals surface area contributed by atoms with E-state index in [0.717, 1.165) is 11.8 Å². The number of carbonyl (C=O) groups is 1. The van der Waals surface area contributed by atoms with E-state index >= 15 is 0 Å². The lowest BCUT2D eigenvalue weighted by Crippen LogP contribution is -2.50. The number of benzene rings is 1. The van der Waals surface area contributed by atoms with Gasteiger partial charge < -0.3 is 10.3 Å². The summed E-state index contributed by atoms with van der Waals surface area (Å²) in [6, 6.07) is 1.53. The predicted molar refractivity (Wildman–Crippen MR) is 122 cm³/mol. The van der Waals surface area contributed by atoms with E-state index in [1.165, 1.54) is 31.4 Å². The third kappa shape index (κ3) is 3.81. The molecule has 1 aliphatic rings. The first-order valence-corrected chi connectivity index (χ1v) is 13.4. The van der Waals surface area contributed by atoms with Crippen molar-refractivity contribution in [3.63, 3.8) is 0 Å². The molecule has 174 valence electrons. The molecule has 32 heavy (non-hydrogen) atoms. The topological polar surface area (TPSA) is 175 Å². The second-order valence-corrected chi connectivity index (χ2v) is 12.2. The fraction of sp³-hybridized carbons (Fsp3) is 0.333. The summed E-state index contributed by atoms with van der Waals surface area (Å²) in [5, 5.41) is 8.88. The number of nitrogens with zero attached hydrogens (tertiary/aromatic N) is 1. The van der Waals surface area contributed by atoms with Crippen molar-refractivity contribution in [3.8, 4) is 0 Å². The van der Waals surface area contributed by atoms with E-state index < -0.39 is 36.0 Å². The minimum absolute atomic E-state index is 0.0351. The number of nitrogens with two attached hydrogens (primary N) is 2. The lowest BCUT2D eigenvalue weighted by molar-refractivity contribution is -0.120. The van der Waals surface area contributed by atoms with Gasteiger partial charge in [0.25, 0.3) is 5.88 Å². The van der Waals surface area contributed by atoms with Crippen LogP contribution in [0.2, 0.25) is 5.02 Å². The lowest BCUT2D eigenvalue weighted by Gasteiger charge is -2.34. The monoisotopic (exact) mass is 520 g/mol. The standard InChI is InChI=1S/C18H21ClN4O6S3/c1-8-7-9(2)15(31(21,25)26)10(3)13(8)18(17(20)24)12(5-6-30-18)32(27,28)23-16-14(19)11(4)22-29-16/h5-7,12,23H,1-4H3,(H2,20,24)(H2,21,25,26). The Morgan fingerprint density at radius 3 is 2.34 bits per heavy atom. The van der Waals surface area contributed by atoms with Gasteiger partial charge in [0.15, 0.2) is 0 Å². The van der Waals surface area contributed by atoms with Crippen LogP contribution in [0.15, 0.2) is 27.0 Å². The van der Waals surface area contributed by atoms with E-state index in [-0.39, 0.29) is 32.6 Å². The van der Waals surface area contributed by atoms with Gasteiger partial charge >= 0.3 is 0 Å². The number of thioether (sulfide) groups is 1. The zero-order valence-corrected chi connectivity index (χ0v) is 20.7. The van der Waals surface area contributed by atoms with E-state index in [0.29, 0.717) is 11.1 Å². The minimum Gasteiger partial charge on any atom is -0.368 e. The third-order valence-electron chi connectivity index (χ3n) is 5.19. The number of primary amides is 1. The van der Waals surface area contributed by atoms with Crippen LogP contribution in [-0.2, 0) is 29.6 Å². The molecule has 2 unspecified atom stereocenters. The molecule has 2 aromatic rings. The number of carbonyl (C=O) groups excluding carboxylic acids is 1. The van der Waals surface area contributed by atoms with Crippen LogP contribution < -0.4 is 15.6 Å². The molecular formula is C18H21ClN4O6S3. The summed E-state index contributed by atoms with van der Waals surface area (Å²) in [7, 11) is -8.55. The average Bonchev–Trinajstić information content (AvgIpc) is 3.20. The zero-order valence-electron chi connectivity index (χ0n) is 17.5. The van der Waals surface area contributed by atoms with Gasteiger partial charge in [-0.25, -0.2) is 26.7 Å². The fourth-order valence-electron chi connectivity index (χ4n) is 4.06. The van der Waals surface area contributed by atoms with Crippen molar-refractivity contribution in [3.05, 3.63) is 50.5 Å². The van der Waals surface area contributed by atoms with Crippen molar-refractivity contribution >= 4 is 55.2 Å². The van der Waals surface area contributed by atoms with Crippen LogP contribution in [0.3, 0.4) is 0 Å². The van der Waals surface area contributed by atoms with Crippen LogP contribution in [0.25, 0.3) is 0 Å². The number of primary sulfonamides is 1. The molecule has 2 atom stereocenters. The normalized spacial score (nSPS) is 21.1. The maximum Gasteiger partial charge on any atom is 0.257 e. The lowest BCUT2D eigenvalue weighted by atomic mass is 9.85. The maximum atomic E-state index is 13.4. The zero-order chi connectivity index (χ0) is 24.2. The first-order chi connectivity index (χ1) is 14.6. The Morgan fingerprint density at radius 1 is 1.22 bits per heavy atom. The Kier molecular flexibility index (Phi) is 6.19. The van der Waals surface area contributed by atoms with Gasteiger partial charge in [-0.05, 0) is 55.4 Å². The third-order valence-corrected chi connectivity index (χ3v) is 9.96. The van der Waals surface area contributed by atoms with Gasteiger partial charge in [-0.3, -0.25) is 4.79 Å². The van der Waals surface area contributed by atoms with E-state index in [4.69, 9.17) is 27.0 Å². The van der Waals surface area contributed by atoms with Crippen LogP contribution >= 0.6 is 23.4 Å². The molecule has 0 fully saturated rings. The van der Waals surface area contributed by atoms with E-state index in [2.05, 4.69) is 9.88 Å². The van der Waals surface area contributed by atoms with Crippen molar-refractivity contribution in [2.75, 3.05) is 4.72 Å². The van der Waals surface area contributed by atoms with Crippen LogP contribution in [0.5, 0.6) is 0 Å². The van der Waals surface area contributed by atoms with Crippen molar-refractivity contribution in [1.29, 1.82) is 0 Å². The quantitative estimate of drug-likeness (QED) is 0.517. The summed E-state index contributed by atoms with van der Waals surface area (Å²) < 4.78 is 56.5. The highest BCUT2D eigenvalue weighted by Crippen LogP contribution is 2.51. The van der Waals surface area contributed by atoms with Gasteiger partial charge in [-0.15, -0.1) is 11.8 Å². The Morgan fingerprint density at radius 2 is 1.84 bits per heavy atom. The number of sulfonamides is 2. The molecule has 0 saturated carbocycles. The molecule has 10 nitrogen and oxygen atoms in total. The first kappa shape index (κ1) is 24.6. The van der Waals surface area contributed by atoms with Gasteiger partial charge in [0.2, 0.25) is 26.0 Å². The Bertz CT molecular complexity index is 1370. The second-order valence-electron chi connectivity index (χ2n) is 7.41. The number of halogens is 1. The van der Waals surface area contributed by atoms with Crippen LogP contribution in [0.1, 0.15) is 27.9 Å². The number of nitrogens with one attached hydrogen (secondary N) is 1. The van der Waals surface area contributed by atoms with Gasteiger partial charge in [0.05, 0.1) is 4.90 Å². The Hall–Kier alpha value is -2.06. The minimum atomic E-state index is -4.37. The smallest absolute Gasteiger partial charge is 0.257 e. The summed E-state index contributed by atoms with van der Waals surface area (Å²) in [5.41, 5.74) is 7.20. The fourth-order valence-corrected chi connectivity index (χ4v) is 8.60. The second kappa shape index (κ2) is 8.06. The molecule has 3 rings (SSSR count). The van der Waals surface area contributed by atoms with E-state index in [1.54, 1.807) is 13.8 Å². The SMILES string of the molecule is Cc1cc(C)c(S(N)(=O)=O)c(C)c1C1(C(N)=O)SC=CC1S(=O)(=O)Nc1onc(C)c1Cl. The number of rotatable bonds is 6. The first-order valence-electron chi connectivity index (χ1n) is 9.06. The van der Waals surface area contributed by atoms with Crippen molar-refractivity contribution in [1.82, 2.24) is 5.16 Å². The largest absolute Gasteiger partial charge is 0.368 e. The number of hydrogen-bond donors (Lipinski definition) is 3. The van der Waals surface area contributed by atoms with Crippen LogP contribution in [0.4, 0.5) is 5.88 Å². The summed E-state index contributed by atoms with van der Waals surface area (Å²) in [4.78, 5) is 12.7. The average molecular weight is 521 g/mol. The Labute approximate surface area is 194 Å². The summed E-state index contributed by atoms with van der Waals surface area (Å²) in [6.07, 6.45) is 1.30. The van der Waals surface area contributed by atoms with Crippen molar-refractivity contribution in [2.24, 2.45) is 10.9 Å².